The number of hydrogen-bond acceptors (Lipinski definition) is 1. The minimum Gasteiger partial charge on any atom is -0.342 e. The Bertz CT molecular complexity index is 329. The summed E-state index contributed by atoms with van der Waals surface area (Å²) in [5.41, 5.74) is 5.07. The topological polar surface area (TPSA) is 3.01 Å². The average molecular weight is 189 g/mol. The molecule has 1 saturated heterocycles. The molecule has 1 rings (SSSR count). The maximum atomic E-state index is 3.92. The molecule has 0 amide bonds. The predicted molar refractivity (Wildman–Crippen MR) is 62.8 cm³/mol. The quantitative estimate of drug-likeness (QED) is 0.484. The molecule has 0 spiro atoms. The molecule has 1 heteroatoms. The van der Waals surface area contributed by atoms with Crippen LogP contribution in [0.1, 0.15) is 27.2 Å². The Morgan fingerprint density at radius 1 is 1.50 bits per heavy atom. The molecule has 1 aliphatic heterocycles. The van der Waals surface area contributed by atoms with Crippen LogP contribution in [0.2, 0.25) is 0 Å². The van der Waals surface area contributed by atoms with Crippen molar-refractivity contribution in [3.63, 3.8) is 0 Å². The van der Waals surface area contributed by atoms with E-state index in [0.29, 0.717) is 0 Å². The third-order valence-electron chi connectivity index (χ3n) is 2.57. The first kappa shape index (κ1) is 10.8. The standard InChI is InChI=1S/C13H19N/c1-6-12(7-2)8-10(3)9-13-11(4)14(13)5/h6,8-9H,4,7H2,1-3,5H3/b10-8-,12-6+,13-9-. The van der Waals surface area contributed by atoms with Crippen LogP contribution >= 0.6 is 0 Å². The highest BCUT2D eigenvalue weighted by molar-refractivity contribution is 5.48. The Morgan fingerprint density at radius 2 is 2.07 bits per heavy atom. The molecule has 0 aromatic rings. The largest absolute Gasteiger partial charge is 0.342 e. The van der Waals surface area contributed by atoms with Gasteiger partial charge in [0, 0.05) is 7.05 Å². The lowest BCUT2D eigenvalue weighted by Gasteiger charge is -1.96. The van der Waals surface area contributed by atoms with Crippen LogP contribution in [0.5, 0.6) is 0 Å². The van der Waals surface area contributed by atoms with Gasteiger partial charge in [0.05, 0.1) is 11.4 Å². The molecule has 1 fully saturated rings. The summed E-state index contributed by atoms with van der Waals surface area (Å²) in [6.07, 6.45) is 7.66. The summed E-state index contributed by atoms with van der Waals surface area (Å²) in [4.78, 5) is 2.10. The van der Waals surface area contributed by atoms with Crippen LogP contribution in [0.3, 0.4) is 0 Å². The summed E-state index contributed by atoms with van der Waals surface area (Å²) in [5, 5.41) is 0. The zero-order chi connectivity index (χ0) is 10.7. The van der Waals surface area contributed by atoms with Crippen LogP contribution in [0, 0.1) is 0 Å². The van der Waals surface area contributed by atoms with Gasteiger partial charge in [0.25, 0.3) is 0 Å². The van der Waals surface area contributed by atoms with Crippen molar-refractivity contribution in [1.82, 2.24) is 4.90 Å². The number of nitrogens with zero attached hydrogens (tertiary/aromatic N) is 1. The van der Waals surface area contributed by atoms with Crippen molar-refractivity contribution in [2.24, 2.45) is 0 Å². The SMILES string of the molecule is C=C1/C(=C/C(C)=C\C(=C\C)CC)N1C. The van der Waals surface area contributed by atoms with Gasteiger partial charge in [0.15, 0.2) is 0 Å². The molecule has 0 unspecified atom stereocenters. The highest BCUT2D eigenvalue weighted by atomic mass is 15.3. The van der Waals surface area contributed by atoms with E-state index in [1.165, 1.54) is 16.8 Å². The predicted octanol–water partition coefficient (Wildman–Crippen LogP) is 3.63. The lowest BCUT2D eigenvalue weighted by atomic mass is 10.1. The molecule has 14 heavy (non-hydrogen) atoms. The Labute approximate surface area is 87.1 Å². The molecule has 0 N–H and O–H groups in total. The minimum atomic E-state index is 1.09. The molecule has 1 heterocycles. The van der Waals surface area contributed by atoms with Gasteiger partial charge < -0.3 is 4.90 Å². The van der Waals surface area contributed by atoms with Crippen molar-refractivity contribution in [1.29, 1.82) is 0 Å². The fourth-order valence-corrected chi connectivity index (χ4v) is 1.43. The van der Waals surface area contributed by atoms with Crippen LogP contribution in [0.15, 0.2) is 47.3 Å². The first-order chi connectivity index (χ1) is 6.60. The van der Waals surface area contributed by atoms with Gasteiger partial charge in [-0.05, 0) is 31.9 Å². The summed E-state index contributed by atoms with van der Waals surface area (Å²) >= 11 is 0. The zero-order valence-corrected chi connectivity index (χ0v) is 9.59. The number of likely N-dealkylation sites (N-methyl/N-ethyl adjacent to an activating group) is 1. The van der Waals surface area contributed by atoms with Crippen LogP contribution in [-0.2, 0) is 0 Å². The minimum absolute atomic E-state index is 1.09. The fraction of sp³-hybridized carbons (Fsp3) is 0.385. The zero-order valence-electron chi connectivity index (χ0n) is 9.59. The van der Waals surface area contributed by atoms with Gasteiger partial charge in [0.2, 0.25) is 0 Å². The van der Waals surface area contributed by atoms with E-state index in [1.54, 1.807) is 0 Å². The third kappa shape index (κ3) is 2.38. The van der Waals surface area contributed by atoms with Crippen molar-refractivity contribution in [3.8, 4) is 0 Å². The maximum Gasteiger partial charge on any atom is 0.0646 e. The van der Waals surface area contributed by atoms with E-state index in [4.69, 9.17) is 0 Å². The Morgan fingerprint density at radius 3 is 2.43 bits per heavy atom. The van der Waals surface area contributed by atoms with E-state index in [1.807, 2.05) is 7.05 Å². The van der Waals surface area contributed by atoms with Crippen molar-refractivity contribution < 1.29 is 0 Å². The molecule has 0 aromatic carbocycles. The second kappa shape index (κ2) is 4.32. The van der Waals surface area contributed by atoms with E-state index >= 15 is 0 Å². The molecule has 0 saturated carbocycles. The Hall–Kier alpha value is -1.24. The lowest BCUT2D eigenvalue weighted by Crippen LogP contribution is -1.79. The van der Waals surface area contributed by atoms with Gasteiger partial charge in [-0.1, -0.05) is 31.2 Å². The normalized spacial score (nSPS) is 20.7. The van der Waals surface area contributed by atoms with E-state index in [2.05, 4.69) is 50.5 Å². The van der Waals surface area contributed by atoms with Crippen molar-refractivity contribution in [2.75, 3.05) is 7.05 Å². The number of allylic oxidation sites excluding steroid dienone is 5. The van der Waals surface area contributed by atoms with Gasteiger partial charge in [-0.25, -0.2) is 0 Å². The molecule has 0 atom stereocenters. The molecular weight excluding hydrogens is 170 g/mol. The summed E-state index contributed by atoms with van der Waals surface area (Å²) in [6, 6.07) is 0. The molecule has 0 bridgehead atoms. The van der Waals surface area contributed by atoms with Gasteiger partial charge >= 0.3 is 0 Å². The van der Waals surface area contributed by atoms with Crippen LogP contribution < -0.4 is 0 Å². The smallest absolute Gasteiger partial charge is 0.0646 e. The third-order valence-corrected chi connectivity index (χ3v) is 2.57. The highest BCUT2D eigenvalue weighted by Gasteiger charge is 2.26. The average Bonchev–Trinajstić information content (AvgIpc) is 2.72. The summed E-state index contributed by atoms with van der Waals surface area (Å²) in [6.45, 7) is 10.3. The van der Waals surface area contributed by atoms with Crippen molar-refractivity contribution in [3.05, 3.63) is 47.3 Å². The Kier molecular flexibility index (Phi) is 3.34. The lowest BCUT2D eigenvalue weighted by molar-refractivity contribution is 0.770. The summed E-state index contributed by atoms with van der Waals surface area (Å²) < 4.78 is 0. The highest BCUT2D eigenvalue weighted by Crippen LogP contribution is 2.34. The second-order valence-corrected chi connectivity index (χ2v) is 3.64. The van der Waals surface area contributed by atoms with Gasteiger partial charge in [-0.3, -0.25) is 0 Å². The van der Waals surface area contributed by atoms with E-state index < -0.39 is 0 Å². The van der Waals surface area contributed by atoms with E-state index in [9.17, 15) is 0 Å². The molecule has 0 aliphatic carbocycles. The van der Waals surface area contributed by atoms with Crippen LogP contribution in [0.4, 0.5) is 0 Å². The molecule has 0 radical (unpaired) electrons. The monoisotopic (exact) mass is 189 g/mol. The Balaban J connectivity index is 2.72. The molecule has 1 aliphatic rings. The van der Waals surface area contributed by atoms with Crippen molar-refractivity contribution in [2.45, 2.75) is 27.2 Å². The van der Waals surface area contributed by atoms with E-state index in [-0.39, 0.29) is 0 Å². The maximum absolute atomic E-state index is 3.92. The van der Waals surface area contributed by atoms with Gasteiger partial charge in [-0.15, -0.1) is 0 Å². The second-order valence-electron chi connectivity index (χ2n) is 3.64. The number of rotatable bonds is 3. The van der Waals surface area contributed by atoms with Gasteiger partial charge in [0.1, 0.15) is 0 Å². The molecule has 76 valence electrons. The van der Waals surface area contributed by atoms with Crippen LogP contribution in [0.25, 0.3) is 0 Å². The summed E-state index contributed by atoms with van der Waals surface area (Å²) in [5.74, 6) is 0. The van der Waals surface area contributed by atoms with Gasteiger partial charge in [-0.2, -0.15) is 0 Å². The molecule has 0 aromatic heterocycles. The molecular formula is C13H19N. The number of hydrogen-bond donors (Lipinski definition) is 0. The van der Waals surface area contributed by atoms with Crippen LogP contribution in [-0.4, -0.2) is 11.9 Å². The van der Waals surface area contributed by atoms with E-state index in [0.717, 1.165) is 12.1 Å². The molecule has 1 nitrogen and oxygen atoms in total. The van der Waals surface area contributed by atoms with Crippen molar-refractivity contribution >= 4 is 0 Å². The fourth-order valence-electron chi connectivity index (χ4n) is 1.43. The first-order valence-electron chi connectivity index (χ1n) is 5.08. The summed E-state index contributed by atoms with van der Waals surface area (Å²) in [7, 11) is 2.04. The first-order valence-corrected chi connectivity index (χ1v) is 5.08.